The topological polar surface area (TPSA) is 33.1 Å². The van der Waals surface area contributed by atoms with Crippen molar-refractivity contribution in [3.05, 3.63) is 18.2 Å². The summed E-state index contributed by atoms with van der Waals surface area (Å²) in [4.78, 5) is 6.71. The minimum absolute atomic E-state index is 0.631. The average Bonchev–Trinajstić information content (AvgIpc) is 3.08. The summed E-state index contributed by atoms with van der Waals surface area (Å²) in [6, 6.07) is 1.48. The summed E-state index contributed by atoms with van der Waals surface area (Å²) in [5.41, 5.74) is 0. The van der Waals surface area contributed by atoms with E-state index in [0.717, 1.165) is 31.5 Å². The third kappa shape index (κ3) is 3.54. The molecule has 0 amide bonds. The van der Waals surface area contributed by atoms with Gasteiger partial charge in [-0.3, -0.25) is 4.90 Å². The highest BCUT2D eigenvalue weighted by molar-refractivity contribution is 4.88. The van der Waals surface area contributed by atoms with E-state index in [1.165, 1.54) is 12.8 Å². The highest BCUT2D eigenvalue weighted by Crippen LogP contribution is 2.26. The fourth-order valence-corrected chi connectivity index (χ4v) is 2.14. The Morgan fingerprint density at radius 3 is 2.94 bits per heavy atom. The summed E-state index contributed by atoms with van der Waals surface area (Å²) < 4.78 is 2.18. The van der Waals surface area contributed by atoms with Gasteiger partial charge in [0.05, 0.1) is 0 Å². The summed E-state index contributed by atoms with van der Waals surface area (Å²) in [6.45, 7) is 7.43. The van der Waals surface area contributed by atoms with E-state index in [9.17, 15) is 0 Å². The van der Waals surface area contributed by atoms with Crippen LogP contribution in [0.4, 0.5) is 0 Å². The number of aromatic nitrogens is 2. The molecule has 1 heterocycles. The zero-order chi connectivity index (χ0) is 12.3. The van der Waals surface area contributed by atoms with Crippen molar-refractivity contribution in [1.29, 1.82) is 0 Å². The average molecular weight is 236 g/mol. The molecule has 96 valence electrons. The van der Waals surface area contributed by atoms with E-state index in [4.69, 9.17) is 0 Å². The Bertz CT molecular complexity index is 343. The third-order valence-electron chi connectivity index (χ3n) is 3.71. The van der Waals surface area contributed by atoms with Crippen LogP contribution in [0.25, 0.3) is 0 Å². The lowest BCUT2D eigenvalue weighted by Gasteiger charge is -2.24. The second kappa shape index (κ2) is 5.65. The molecule has 1 fully saturated rings. The molecule has 1 atom stereocenters. The molecule has 1 aromatic rings. The van der Waals surface area contributed by atoms with Crippen LogP contribution in [0.3, 0.4) is 0 Å². The summed E-state index contributed by atoms with van der Waals surface area (Å²) >= 11 is 0. The summed E-state index contributed by atoms with van der Waals surface area (Å²) in [5.74, 6) is 1.09. The lowest BCUT2D eigenvalue weighted by Crippen LogP contribution is -2.39. The Balaban J connectivity index is 1.61. The van der Waals surface area contributed by atoms with Gasteiger partial charge in [-0.05, 0) is 33.7 Å². The highest BCUT2D eigenvalue weighted by Gasteiger charge is 2.28. The van der Waals surface area contributed by atoms with Crippen LogP contribution in [0, 0.1) is 6.92 Å². The lowest BCUT2D eigenvalue weighted by molar-refractivity contribution is 0.241. The van der Waals surface area contributed by atoms with Crippen molar-refractivity contribution < 1.29 is 0 Å². The Kier molecular flexibility index (Phi) is 4.18. The molecule has 1 N–H and O–H groups in total. The van der Waals surface area contributed by atoms with Crippen LogP contribution in [0.15, 0.2) is 12.4 Å². The van der Waals surface area contributed by atoms with Crippen molar-refractivity contribution in [3.8, 4) is 0 Å². The molecule has 0 aromatic carbocycles. The molecule has 17 heavy (non-hydrogen) atoms. The molecule has 0 radical (unpaired) electrons. The zero-order valence-electron chi connectivity index (χ0n) is 11.2. The Hall–Kier alpha value is -0.870. The smallest absolute Gasteiger partial charge is 0.105 e. The van der Waals surface area contributed by atoms with Gasteiger partial charge in [0.1, 0.15) is 5.82 Å². The van der Waals surface area contributed by atoms with E-state index in [2.05, 4.69) is 33.7 Å². The maximum Gasteiger partial charge on any atom is 0.105 e. The number of aryl methyl sites for hydroxylation is 1. The molecule has 0 aliphatic heterocycles. The van der Waals surface area contributed by atoms with Gasteiger partial charge in [0, 0.05) is 44.1 Å². The quantitative estimate of drug-likeness (QED) is 0.724. The molecule has 4 heteroatoms. The molecule has 1 aromatic heterocycles. The number of imidazole rings is 1. The number of hydrogen-bond donors (Lipinski definition) is 1. The molecule has 0 bridgehead atoms. The number of rotatable bonds is 7. The van der Waals surface area contributed by atoms with Gasteiger partial charge in [-0.25, -0.2) is 4.98 Å². The SMILES string of the molecule is Cc1nccn1CCNCC(C)N(C)C1CC1. The van der Waals surface area contributed by atoms with E-state index in [-0.39, 0.29) is 0 Å². The third-order valence-corrected chi connectivity index (χ3v) is 3.71. The zero-order valence-corrected chi connectivity index (χ0v) is 11.2. The van der Waals surface area contributed by atoms with Crippen LogP contribution in [0.5, 0.6) is 0 Å². The second-order valence-corrected chi connectivity index (χ2v) is 5.12. The molecular formula is C13H24N4. The minimum Gasteiger partial charge on any atom is -0.334 e. The van der Waals surface area contributed by atoms with Gasteiger partial charge in [-0.2, -0.15) is 0 Å². The van der Waals surface area contributed by atoms with E-state index < -0.39 is 0 Å². The van der Waals surface area contributed by atoms with Crippen molar-refractivity contribution in [3.63, 3.8) is 0 Å². The molecule has 4 nitrogen and oxygen atoms in total. The second-order valence-electron chi connectivity index (χ2n) is 5.12. The van der Waals surface area contributed by atoms with E-state index in [1.807, 2.05) is 19.3 Å². The molecule has 1 aliphatic carbocycles. The highest BCUT2D eigenvalue weighted by atomic mass is 15.2. The summed E-state index contributed by atoms with van der Waals surface area (Å²) in [5, 5.41) is 3.52. The molecule has 0 saturated heterocycles. The monoisotopic (exact) mass is 236 g/mol. The number of likely N-dealkylation sites (N-methyl/N-ethyl adjacent to an activating group) is 1. The van der Waals surface area contributed by atoms with Crippen LogP contribution in [0.1, 0.15) is 25.6 Å². The van der Waals surface area contributed by atoms with Crippen molar-refractivity contribution in [2.24, 2.45) is 0 Å². The largest absolute Gasteiger partial charge is 0.334 e. The van der Waals surface area contributed by atoms with Crippen molar-refractivity contribution in [2.75, 3.05) is 20.1 Å². The van der Waals surface area contributed by atoms with Crippen LogP contribution in [-0.4, -0.2) is 46.7 Å². The fraction of sp³-hybridized carbons (Fsp3) is 0.769. The van der Waals surface area contributed by atoms with Gasteiger partial charge >= 0.3 is 0 Å². The van der Waals surface area contributed by atoms with Gasteiger partial charge < -0.3 is 9.88 Å². The van der Waals surface area contributed by atoms with E-state index >= 15 is 0 Å². The first kappa shape index (κ1) is 12.6. The molecular weight excluding hydrogens is 212 g/mol. The number of hydrogen-bond acceptors (Lipinski definition) is 3. The summed E-state index contributed by atoms with van der Waals surface area (Å²) in [7, 11) is 2.24. The standard InChI is InChI=1S/C13H24N4/c1-11(16(3)13-4-5-13)10-14-6-8-17-9-7-15-12(17)2/h7,9,11,13-14H,4-6,8,10H2,1-3H3. The van der Waals surface area contributed by atoms with E-state index in [0.29, 0.717) is 6.04 Å². The predicted molar refractivity (Wildman–Crippen MR) is 70.1 cm³/mol. The first-order chi connectivity index (χ1) is 8.18. The van der Waals surface area contributed by atoms with Gasteiger partial charge in [-0.15, -0.1) is 0 Å². The lowest BCUT2D eigenvalue weighted by atomic mass is 10.3. The maximum atomic E-state index is 4.22. The maximum absolute atomic E-state index is 4.22. The fourth-order valence-electron chi connectivity index (χ4n) is 2.14. The van der Waals surface area contributed by atoms with Crippen LogP contribution >= 0.6 is 0 Å². The van der Waals surface area contributed by atoms with Crippen LogP contribution in [-0.2, 0) is 6.54 Å². The Morgan fingerprint density at radius 2 is 2.35 bits per heavy atom. The first-order valence-electron chi connectivity index (χ1n) is 6.59. The van der Waals surface area contributed by atoms with Gasteiger partial charge in [0.15, 0.2) is 0 Å². The number of nitrogens with zero attached hydrogens (tertiary/aromatic N) is 3. The predicted octanol–water partition coefficient (Wildman–Crippen LogP) is 1.26. The van der Waals surface area contributed by atoms with E-state index in [1.54, 1.807) is 0 Å². The first-order valence-corrected chi connectivity index (χ1v) is 6.59. The van der Waals surface area contributed by atoms with Crippen LogP contribution < -0.4 is 5.32 Å². The molecule has 1 saturated carbocycles. The van der Waals surface area contributed by atoms with Gasteiger partial charge in [-0.1, -0.05) is 0 Å². The van der Waals surface area contributed by atoms with Gasteiger partial charge in [0.25, 0.3) is 0 Å². The van der Waals surface area contributed by atoms with Gasteiger partial charge in [0.2, 0.25) is 0 Å². The summed E-state index contributed by atoms with van der Waals surface area (Å²) in [6.07, 6.45) is 6.67. The normalized spacial score (nSPS) is 17.6. The Labute approximate surface area is 104 Å². The Morgan fingerprint density at radius 1 is 1.59 bits per heavy atom. The van der Waals surface area contributed by atoms with Crippen molar-refractivity contribution in [2.45, 2.75) is 45.3 Å². The molecule has 1 unspecified atom stereocenters. The minimum atomic E-state index is 0.631. The van der Waals surface area contributed by atoms with Crippen LogP contribution in [0.2, 0.25) is 0 Å². The molecule has 0 spiro atoms. The van der Waals surface area contributed by atoms with Crippen molar-refractivity contribution in [1.82, 2.24) is 19.8 Å². The molecule has 1 aliphatic rings. The number of nitrogens with one attached hydrogen (secondary N) is 1. The van der Waals surface area contributed by atoms with Crippen molar-refractivity contribution >= 4 is 0 Å². The molecule has 2 rings (SSSR count).